The summed E-state index contributed by atoms with van der Waals surface area (Å²) in [5.41, 5.74) is 0.450. The van der Waals surface area contributed by atoms with Crippen LogP contribution in [-0.2, 0) is 20.9 Å². The number of amides is 1. The van der Waals surface area contributed by atoms with Crippen LogP contribution >= 0.6 is 0 Å². The van der Waals surface area contributed by atoms with E-state index in [1.807, 2.05) is 30.3 Å². The van der Waals surface area contributed by atoms with Gasteiger partial charge in [0.15, 0.2) is 0 Å². The summed E-state index contributed by atoms with van der Waals surface area (Å²) in [4.78, 5) is 22.8. The number of carbonyl (C=O) groups is 2. The predicted molar refractivity (Wildman–Crippen MR) is 148 cm³/mol. The molecule has 1 aromatic rings. The molecule has 0 spiro atoms. The minimum atomic E-state index is -1.06. The normalized spacial score (nSPS) is 17.8. The van der Waals surface area contributed by atoms with E-state index in [1.165, 1.54) is 64.2 Å². The van der Waals surface area contributed by atoms with Crippen LogP contribution in [-0.4, -0.2) is 47.5 Å². The first kappa shape index (κ1) is 31.1. The van der Waals surface area contributed by atoms with Crippen LogP contribution in [0.3, 0.4) is 0 Å². The van der Waals surface area contributed by atoms with Gasteiger partial charge >= 0.3 is 12.1 Å². The zero-order valence-electron chi connectivity index (χ0n) is 23.3. The summed E-state index contributed by atoms with van der Waals surface area (Å²) in [5.74, 6) is -1.06. The highest BCUT2D eigenvalue weighted by atomic mass is 16.6. The predicted octanol–water partition coefficient (Wildman–Crippen LogP) is 6.59. The van der Waals surface area contributed by atoms with Gasteiger partial charge in [0.05, 0.1) is 6.61 Å². The lowest BCUT2D eigenvalue weighted by Crippen LogP contribution is -2.43. The number of alkyl carbamates (subject to hydrolysis) is 1. The van der Waals surface area contributed by atoms with Gasteiger partial charge in [-0.2, -0.15) is 0 Å². The summed E-state index contributed by atoms with van der Waals surface area (Å²) >= 11 is 0. The van der Waals surface area contributed by atoms with Crippen LogP contribution in [0.25, 0.3) is 0 Å². The molecule has 37 heavy (non-hydrogen) atoms. The molecule has 1 atom stereocenters. The first-order valence-electron chi connectivity index (χ1n) is 14.3. The van der Waals surface area contributed by atoms with Gasteiger partial charge in [-0.1, -0.05) is 68.9 Å². The van der Waals surface area contributed by atoms with Gasteiger partial charge in [0, 0.05) is 18.7 Å². The average molecular weight is 519 g/mol. The molecule has 0 aliphatic heterocycles. The topological polar surface area (TPSA) is 96.9 Å². The molecule has 0 aromatic heterocycles. The summed E-state index contributed by atoms with van der Waals surface area (Å²) in [7, 11) is 0. The van der Waals surface area contributed by atoms with E-state index in [0.29, 0.717) is 26.1 Å². The summed E-state index contributed by atoms with van der Waals surface area (Å²) in [5, 5.41) is 15.4. The fraction of sp³-hybridized carbons (Fsp3) is 0.733. The molecule has 0 bridgehead atoms. The maximum Gasteiger partial charge on any atom is 0.408 e. The summed E-state index contributed by atoms with van der Waals surface area (Å²) in [6, 6.07) is 10.6. The molecular formula is C30H50N2O5. The number of carboxylic acid groups (broad SMARTS) is 1. The van der Waals surface area contributed by atoms with Gasteiger partial charge in [0.25, 0.3) is 0 Å². The van der Waals surface area contributed by atoms with Gasteiger partial charge in [-0.15, -0.1) is 0 Å². The van der Waals surface area contributed by atoms with Crippen LogP contribution in [0.2, 0.25) is 0 Å². The average Bonchev–Trinajstić information content (AvgIpc) is 2.86. The van der Waals surface area contributed by atoms with E-state index in [1.54, 1.807) is 20.8 Å². The van der Waals surface area contributed by atoms with Crippen molar-refractivity contribution in [1.29, 1.82) is 0 Å². The standard InChI is InChI=1S/C18H27NO5.C12H23N/c1-18(2,3)24-17(22)19-15(16(20)21)11-7-8-12-23-13-14-9-5-4-6-10-14;1-3-7-11(8-4-1)13-12-9-5-2-6-10-12/h4-6,9-10,15H,7-8,11-13H2,1-3H3,(H,19,22)(H,20,21);11-13H,1-10H2/t15-;/m0./s1. The Labute approximate surface area is 224 Å². The van der Waals surface area contributed by atoms with E-state index in [-0.39, 0.29) is 0 Å². The maximum atomic E-state index is 11.6. The fourth-order valence-corrected chi connectivity index (χ4v) is 4.90. The van der Waals surface area contributed by atoms with Crippen molar-refractivity contribution in [2.24, 2.45) is 0 Å². The van der Waals surface area contributed by atoms with Gasteiger partial charge in [-0.3, -0.25) is 0 Å². The number of ether oxygens (including phenoxy) is 2. The molecule has 1 aromatic carbocycles. The Morgan fingerprint density at radius 1 is 0.919 bits per heavy atom. The maximum absolute atomic E-state index is 11.6. The highest BCUT2D eigenvalue weighted by Crippen LogP contribution is 2.22. The zero-order valence-corrected chi connectivity index (χ0v) is 23.3. The summed E-state index contributed by atoms with van der Waals surface area (Å²) in [6.07, 6.45) is 15.6. The van der Waals surface area contributed by atoms with Gasteiger partial charge in [-0.05, 0) is 71.3 Å². The van der Waals surface area contributed by atoms with Crippen molar-refractivity contribution in [3.63, 3.8) is 0 Å². The molecule has 7 heteroatoms. The van der Waals surface area contributed by atoms with Gasteiger partial charge in [0.2, 0.25) is 0 Å². The Bertz CT molecular complexity index is 737. The number of carboxylic acids is 1. The molecule has 2 aliphatic rings. The summed E-state index contributed by atoms with van der Waals surface area (Å²) < 4.78 is 10.6. The molecule has 2 aliphatic carbocycles. The molecule has 0 radical (unpaired) electrons. The number of carbonyl (C=O) groups excluding carboxylic acids is 1. The van der Waals surface area contributed by atoms with Gasteiger partial charge in [0.1, 0.15) is 11.6 Å². The molecule has 0 unspecified atom stereocenters. The molecule has 2 fully saturated rings. The number of nitrogens with one attached hydrogen (secondary N) is 2. The first-order valence-corrected chi connectivity index (χ1v) is 14.3. The van der Waals surface area contributed by atoms with Gasteiger partial charge in [-0.25, -0.2) is 9.59 Å². The van der Waals surface area contributed by atoms with Crippen LogP contribution in [0.5, 0.6) is 0 Å². The summed E-state index contributed by atoms with van der Waals surface area (Å²) in [6.45, 7) is 6.28. The minimum Gasteiger partial charge on any atom is -0.480 e. The van der Waals surface area contributed by atoms with Crippen molar-refractivity contribution in [3.05, 3.63) is 35.9 Å². The molecule has 0 saturated heterocycles. The second kappa shape index (κ2) is 17.4. The smallest absolute Gasteiger partial charge is 0.408 e. The highest BCUT2D eigenvalue weighted by Gasteiger charge is 2.23. The van der Waals surface area contributed by atoms with E-state index in [2.05, 4.69) is 10.6 Å². The molecule has 3 N–H and O–H groups in total. The third kappa shape index (κ3) is 15.0. The second-order valence-electron chi connectivity index (χ2n) is 11.4. The number of unbranched alkanes of at least 4 members (excludes halogenated alkanes) is 1. The highest BCUT2D eigenvalue weighted by molar-refractivity contribution is 5.79. The lowest BCUT2D eigenvalue weighted by Gasteiger charge is -2.30. The lowest BCUT2D eigenvalue weighted by atomic mass is 9.91. The monoisotopic (exact) mass is 518 g/mol. The minimum absolute atomic E-state index is 0.337. The third-order valence-electron chi connectivity index (χ3n) is 6.81. The van der Waals surface area contributed by atoms with Crippen molar-refractivity contribution in [1.82, 2.24) is 10.6 Å². The second-order valence-corrected chi connectivity index (χ2v) is 11.4. The van der Waals surface area contributed by atoms with E-state index in [4.69, 9.17) is 9.47 Å². The van der Waals surface area contributed by atoms with Crippen molar-refractivity contribution in [3.8, 4) is 0 Å². The molecule has 210 valence electrons. The molecule has 7 nitrogen and oxygen atoms in total. The van der Waals surface area contributed by atoms with Crippen LogP contribution in [0.15, 0.2) is 30.3 Å². The van der Waals surface area contributed by atoms with E-state index in [0.717, 1.165) is 24.1 Å². The van der Waals surface area contributed by atoms with Crippen molar-refractivity contribution in [2.75, 3.05) is 6.61 Å². The number of rotatable bonds is 11. The molecular weight excluding hydrogens is 468 g/mol. The van der Waals surface area contributed by atoms with Crippen molar-refractivity contribution >= 4 is 12.1 Å². The Morgan fingerprint density at radius 3 is 2.00 bits per heavy atom. The van der Waals surface area contributed by atoms with Crippen LogP contribution < -0.4 is 10.6 Å². The molecule has 1 amide bonds. The lowest BCUT2D eigenvalue weighted by molar-refractivity contribution is -0.139. The Hall–Kier alpha value is -2.12. The van der Waals surface area contributed by atoms with Crippen molar-refractivity contribution < 1.29 is 24.2 Å². The Balaban J connectivity index is 0.000000308. The van der Waals surface area contributed by atoms with Crippen molar-refractivity contribution in [2.45, 2.75) is 135 Å². The SMILES string of the molecule is C1CCC(NC2CCCCC2)CC1.CC(C)(C)OC(=O)N[C@@H](CCCCOCc1ccccc1)C(=O)O. The van der Waals surface area contributed by atoms with Crippen LogP contribution in [0, 0.1) is 0 Å². The number of hydrogen-bond donors (Lipinski definition) is 3. The fourth-order valence-electron chi connectivity index (χ4n) is 4.90. The molecule has 3 rings (SSSR count). The van der Waals surface area contributed by atoms with E-state index >= 15 is 0 Å². The number of hydrogen-bond acceptors (Lipinski definition) is 5. The van der Waals surface area contributed by atoms with E-state index < -0.39 is 23.7 Å². The largest absolute Gasteiger partial charge is 0.480 e. The number of aliphatic carboxylic acids is 1. The van der Waals surface area contributed by atoms with E-state index in [9.17, 15) is 14.7 Å². The number of benzene rings is 1. The molecule has 0 heterocycles. The van der Waals surface area contributed by atoms with Gasteiger partial charge < -0.3 is 25.2 Å². The van der Waals surface area contributed by atoms with Crippen LogP contribution in [0.4, 0.5) is 4.79 Å². The third-order valence-corrected chi connectivity index (χ3v) is 6.81. The Kier molecular flexibility index (Phi) is 14.6. The Morgan fingerprint density at radius 2 is 1.49 bits per heavy atom. The van der Waals surface area contributed by atoms with Crippen LogP contribution in [0.1, 0.15) is 110 Å². The quantitative estimate of drug-likeness (QED) is 0.286. The first-order chi connectivity index (χ1) is 17.7. The zero-order chi connectivity index (χ0) is 26.9. The molecule has 2 saturated carbocycles.